The van der Waals surface area contributed by atoms with Crippen LogP contribution in [0.2, 0.25) is 0 Å². The first-order valence-electron chi connectivity index (χ1n) is 18.5. The molecule has 8 rings (SSSR count). The predicted octanol–water partition coefficient (Wildman–Crippen LogP) is 11.1. The molecule has 5 aromatic rings. The average molecular weight is 861 g/mol. The Kier molecular flexibility index (Phi) is 8.50. The van der Waals surface area contributed by atoms with Gasteiger partial charge in [0, 0.05) is 28.5 Å². The fourth-order valence-corrected chi connectivity index (χ4v) is 8.44. The van der Waals surface area contributed by atoms with Gasteiger partial charge >= 0.3 is 21.1 Å². The van der Waals surface area contributed by atoms with E-state index in [0.717, 1.165) is 33.6 Å². The summed E-state index contributed by atoms with van der Waals surface area (Å²) >= 11 is 0. The van der Waals surface area contributed by atoms with Gasteiger partial charge in [0.2, 0.25) is 0 Å². The van der Waals surface area contributed by atoms with Gasteiger partial charge in [0.15, 0.2) is 0 Å². The van der Waals surface area contributed by atoms with Crippen LogP contribution in [0.1, 0.15) is 127 Å². The van der Waals surface area contributed by atoms with Crippen molar-refractivity contribution in [2.75, 3.05) is 6.61 Å². The normalized spacial score (nSPS) is 19.9. The Bertz CT molecular complexity index is 2240. The summed E-state index contributed by atoms with van der Waals surface area (Å²) < 4.78 is 15.5. The summed E-state index contributed by atoms with van der Waals surface area (Å²) in [7, 11) is 0. The predicted molar refractivity (Wildman–Crippen MR) is 205 cm³/mol. The maximum absolute atomic E-state index is 6.83. The van der Waals surface area contributed by atoms with E-state index in [2.05, 4.69) is 129 Å². The molecule has 0 radical (unpaired) electrons. The summed E-state index contributed by atoms with van der Waals surface area (Å²) in [4.78, 5) is 10.3. The van der Waals surface area contributed by atoms with Gasteiger partial charge in [-0.1, -0.05) is 105 Å². The van der Waals surface area contributed by atoms with Crippen LogP contribution in [0.25, 0.3) is 27.6 Å². The smallest absolute Gasteiger partial charge is 0.518 e. The summed E-state index contributed by atoms with van der Waals surface area (Å²) in [5.74, 6) is 2.58. The van der Waals surface area contributed by atoms with Gasteiger partial charge in [-0.25, -0.2) is 4.98 Å². The molecule has 1 saturated carbocycles. The van der Waals surface area contributed by atoms with Crippen molar-refractivity contribution in [1.82, 2.24) is 9.55 Å². The van der Waals surface area contributed by atoms with Gasteiger partial charge in [0.05, 0.1) is 11.1 Å². The second-order valence-electron chi connectivity index (χ2n) is 18.1. The molecule has 1 aliphatic carbocycles. The zero-order valence-corrected chi connectivity index (χ0v) is 34.4. The molecule has 3 aromatic carbocycles. The topological polar surface area (TPSA) is 48.6 Å². The minimum Gasteiger partial charge on any atom is -0.518 e. The molecule has 0 N–H and O–H groups in total. The van der Waals surface area contributed by atoms with Crippen molar-refractivity contribution in [3.8, 4) is 17.2 Å². The molecule has 5 nitrogen and oxygen atoms in total. The van der Waals surface area contributed by atoms with E-state index in [4.69, 9.17) is 19.5 Å². The van der Waals surface area contributed by atoms with Crippen molar-refractivity contribution in [3.05, 3.63) is 93.7 Å². The molecule has 0 saturated heterocycles. The van der Waals surface area contributed by atoms with E-state index < -0.39 is 0 Å². The zero-order valence-electron chi connectivity index (χ0n) is 32.1. The zero-order chi connectivity index (χ0) is 35.5. The summed E-state index contributed by atoms with van der Waals surface area (Å²) in [5, 5.41) is 2.41. The van der Waals surface area contributed by atoms with Crippen molar-refractivity contribution in [1.29, 1.82) is 0 Å². The van der Waals surface area contributed by atoms with Crippen molar-refractivity contribution in [2.45, 2.75) is 124 Å². The molecule has 0 bridgehead atoms. The largest absolute Gasteiger partial charge is 2.00 e. The minimum absolute atomic E-state index is 0. The monoisotopic (exact) mass is 860 g/mol. The number of hydrogen-bond acceptors (Lipinski definition) is 4. The number of pyridine rings is 1. The second kappa shape index (κ2) is 12.1. The Morgan fingerprint density at radius 3 is 2.22 bits per heavy atom. The van der Waals surface area contributed by atoms with E-state index in [0.29, 0.717) is 29.9 Å². The first-order chi connectivity index (χ1) is 23.4. The molecule has 1 fully saturated rings. The molecule has 6 heteroatoms. The number of aliphatic imine (C=N–C) groups is 1. The molecule has 1 atom stereocenters. The van der Waals surface area contributed by atoms with Crippen LogP contribution in [0.15, 0.2) is 47.6 Å². The van der Waals surface area contributed by atoms with Gasteiger partial charge in [0.1, 0.15) is 18.2 Å². The number of aromatic nitrogens is 2. The standard InChI is InChI=1S/C45H51N3O2.Pt/c1-26-16-34-33-21-31(43(6,7)8)22-36-39(33)48(40(34)46-24-26)37-23-38(27(2)17-35(37)44(36,9)10)50-32-19-28(18-30(20-32)42(3,4)5)41-47-45(11,25-49-41)29-14-12-13-15-29;/h16-18,20-22,24,29H,12-15,25H2,1-11H3;/q-2;+2/t45-;/m0./s1. The molecular weight excluding hydrogens is 810 g/mol. The van der Waals surface area contributed by atoms with Gasteiger partial charge in [-0.2, -0.15) is 6.07 Å². The van der Waals surface area contributed by atoms with Crippen molar-refractivity contribution in [2.24, 2.45) is 10.9 Å². The summed E-state index contributed by atoms with van der Waals surface area (Å²) in [6.45, 7) is 25.4. The van der Waals surface area contributed by atoms with Crippen LogP contribution in [0.5, 0.6) is 11.5 Å². The number of benzene rings is 3. The number of nitrogens with zero attached hydrogens (tertiary/aromatic N) is 3. The number of fused-ring (bicyclic) bond motifs is 5. The Labute approximate surface area is 318 Å². The van der Waals surface area contributed by atoms with Gasteiger partial charge in [-0.05, 0) is 77.7 Å². The molecular formula is C45H51N3O2Pt. The summed E-state index contributed by atoms with van der Waals surface area (Å²) in [5.41, 5.74) is 10.7. The van der Waals surface area contributed by atoms with E-state index in [1.807, 2.05) is 6.20 Å². The first-order valence-corrected chi connectivity index (χ1v) is 18.5. The van der Waals surface area contributed by atoms with Gasteiger partial charge in [-0.15, -0.1) is 28.8 Å². The fourth-order valence-electron chi connectivity index (χ4n) is 8.44. The van der Waals surface area contributed by atoms with Crippen LogP contribution in [0, 0.1) is 31.9 Å². The Morgan fingerprint density at radius 2 is 1.53 bits per heavy atom. The van der Waals surface area contributed by atoms with E-state index in [1.54, 1.807) is 0 Å². The average Bonchev–Trinajstić information content (AvgIpc) is 3.79. The first kappa shape index (κ1) is 35.9. The molecule has 3 aliphatic rings. The van der Waals surface area contributed by atoms with Gasteiger partial charge < -0.3 is 14.0 Å². The SMILES string of the molecule is Cc1cnc2c(c1)c1cc(C(C)(C)C)cc3c1n2-c1[c-]c(Oc2[c-]c(C4=N[C@](C)(C5CCCC5)CO4)cc(C(C)(C)C)c2)c(C)cc1C3(C)C.[Pt+2]. The minimum atomic E-state index is -0.260. The third-order valence-corrected chi connectivity index (χ3v) is 11.7. The molecule has 0 unspecified atom stereocenters. The molecule has 4 heterocycles. The van der Waals surface area contributed by atoms with Crippen molar-refractivity contribution >= 4 is 27.8 Å². The Hall–Kier alpha value is -3.43. The maximum Gasteiger partial charge on any atom is 2.00 e. The number of rotatable bonds is 4. The number of hydrogen-bond donors (Lipinski definition) is 0. The Balaban J connectivity index is 0.00000406. The van der Waals surface area contributed by atoms with Crippen molar-refractivity contribution < 1.29 is 30.5 Å². The molecule has 2 aromatic heterocycles. The van der Waals surface area contributed by atoms with E-state index in [9.17, 15) is 0 Å². The van der Waals surface area contributed by atoms with E-state index in [-0.39, 0.29) is 42.8 Å². The van der Waals surface area contributed by atoms with Crippen LogP contribution in [0.4, 0.5) is 0 Å². The third kappa shape index (κ3) is 5.87. The van der Waals surface area contributed by atoms with E-state index in [1.165, 1.54) is 58.7 Å². The van der Waals surface area contributed by atoms with Crippen LogP contribution in [-0.2, 0) is 42.0 Å². The van der Waals surface area contributed by atoms with E-state index >= 15 is 0 Å². The quantitative estimate of drug-likeness (QED) is 0.169. The third-order valence-electron chi connectivity index (χ3n) is 11.7. The summed E-state index contributed by atoms with van der Waals surface area (Å²) in [6, 6.07) is 21.0. The number of aryl methyl sites for hydroxylation is 2. The van der Waals surface area contributed by atoms with Crippen LogP contribution in [-0.4, -0.2) is 27.6 Å². The molecule has 268 valence electrons. The maximum atomic E-state index is 6.83. The van der Waals surface area contributed by atoms with Gasteiger partial charge in [0.25, 0.3) is 0 Å². The summed E-state index contributed by atoms with van der Waals surface area (Å²) in [6.07, 6.45) is 6.99. The molecule has 2 aliphatic heterocycles. The molecule has 0 spiro atoms. The molecule has 0 amide bonds. The van der Waals surface area contributed by atoms with Crippen molar-refractivity contribution in [3.63, 3.8) is 0 Å². The fraction of sp³-hybridized carbons (Fsp3) is 0.467. The number of ether oxygens (including phenoxy) is 2. The second-order valence-corrected chi connectivity index (χ2v) is 18.1. The van der Waals surface area contributed by atoms with Gasteiger partial charge in [-0.3, -0.25) is 4.99 Å². The van der Waals surface area contributed by atoms with Crippen LogP contribution >= 0.6 is 0 Å². The van der Waals surface area contributed by atoms with Crippen LogP contribution < -0.4 is 4.74 Å². The molecule has 51 heavy (non-hydrogen) atoms. The Morgan fingerprint density at radius 1 is 0.843 bits per heavy atom. The van der Waals surface area contributed by atoms with Crippen LogP contribution in [0.3, 0.4) is 0 Å².